The van der Waals surface area contributed by atoms with Crippen molar-refractivity contribution in [1.29, 1.82) is 0 Å². The molecule has 0 atom stereocenters. The van der Waals surface area contributed by atoms with Gasteiger partial charge in [-0.3, -0.25) is 0 Å². The molecule has 0 radical (unpaired) electrons. The van der Waals surface area contributed by atoms with E-state index < -0.39 is 5.97 Å². The third-order valence-electron chi connectivity index (χ3n) is 1.45. The number of rotatable bonds is 2. The molecule has 3 nitrogen and oxygen atoms in total. The van der Waals surface area contributed by atoms with Gasteiger partial charge in [0.05, 0.1) is 0 Å². The van der Waals surface area contributed by atoms with Crippen LogP contribution < -0.4 is 5.73 Å². The van der Waals surface area contributed by atoms with E-state index in [0.717, 1.165) is 10.5 Å². The van der Waals surface area contributed by atoms with E-state index in [1.54, 1.807) is 18.2 Å². The van der Waals surface area contributed by atoms with Gasteiger partial charge in [0.15, 0.2) is 0 Å². The van der Waals surface area contributed by atoms with Crippen LogP contribution in [0.5, 0.6) is 0 Å². The zero-order valence-electron chi connectivity index (χ0n) is 6.70. The Bertz CT molecular complexity index is 361. The number of anilines is 1. The first-order valence-corrected chi connectivity index (χ1v) is 4.35. The number of nitrogens with two attached hydrogens (primary N) is 1. The van der Waals surface area contributed by atoms with Gasteiger partial charge in [0.1, 0.15) is 0 Å². The van der Waals surface area contributed by atoms with Crippen molar-refractivity contribution in [3.05, 3.63) is 34.3 Å². The van der Waals surface area contributed by atoms with Gasteiger partial charge in [-0.1, -0.05) is 22.0 Å². The number of aliphatic carboxylic acids is 1. The number of carboxylic acids is 1. The second kappa shape index (κ2) is 4.09. The van der Waals surface area contributed by atoms with Crippen molar-refractivity contribution in [3.63, 3.8) is 0 Å². The van der Waals surface area contributed by atoms with Gasteiger partial charge in [0, 0.05) is 16.2 Å². The summed E-state index contributed by atoms with van der Waals surface area (Å²) in [5, 5.41) is 8.38. The number of benzene rings is 1. The minimum absolute atomic E-state index is 0.548. The first-order valence-electron chi connectivity index (χ1n) is 3.55. The highest BCUT2D eigenvalue weighted by molar-refractivity contribution is 9.10. The van der Waals surface area contributed by atoms with Crippen LogP contribution >= 0.6 is 15.9 Å². The van der Waals surface area contributed by atoms with E-state index in [9.17, 15) is 4.79 Å². The second-order valence-electron chi connectivity index (χ2n) is 2.44. The standard InChI is InChI=1S/C9H8BrNO2/c10-7-3-1-6(8(11)5-7)2-4-9(12)13/h1-5H,11H2,(H,12,13). The summed E-state index contributed by atoms with van der Waals surface area (Å²) in [6.45, 7) is 0. The topological polar surface area (TPSA) is 63.3 Å². The summed E-state index contributed by atoms with van der Waals surface area (Å²) < 4.78 is 0.873. The predicted molar refractivity (Wildman–Crippen MR) is 55.2 cm³/mol. The molecule has 0 aliphatic heterocycles. The van der Waals surface area contributed by atoms with Gasteiger partial charge in [-0.25, -0.2) is 4.79 Å². The predicted octanol–water partition coefficient (Wildman–Crippen LogP) is 2.13. The summed E-state index contributed by atoms with van der Waals surface area (Å²) in [5.74, 6) is -0.984. The Morgan fingerprint density at radius 1 is 1.54 bits per heavy atom. The van der Waals surface area contributed by atoms with Gasteiger partial charge in [-0.15, -0.1) is 0 Å². The number of carbonyl (C=O) groups is 1. The van der Waals surface area contributed by atoms with Gasteiger partial charge in [-0.05, 0) is 23.8 Å². The lowest BCUT2D eigenvalue weighted by Crippen LogP contribution is -1.90. The highest BCUT2D eigenvalue weighted by Gasteiger charge is 1.96. The number of nitrogen functional groups attached to an aromatic ring is 1. The zero-order valence-corrected chi connectivity index (χ0v) is 8.28. The first kappa shape index (κ1) is 9.80. The molecule has 0 bridgehead atoms. The lowest BCUT2D eigenvalue weighted by Gasteiger charge is -1.99. The molecule has 3 N–H and O–H groups in total. The zero-order chi connectivity index (χ0) is 9.84. The molecule has 1 aromatic rings. The van der Waals surface area contributed by atoms with Crippen molar-refractivity contribution >= 4 is 33.7 Å². The number of carboxylic acid groups (broad SMARTS) is 1. The van der Waals surface area contributed by atoms with Crippen molar-refractivity contribution < 1.29 is 9.90 Å². The minimum Gasteiger partial charge on any atom is -0.478 e. The van der Waals surface area contributed by atoms with Crippen LogP contribution in [0.15, 0.2) is 28.7 Å². The molecule has 0 unspecified atom stereocenters. The van der Waals surface area contributed by atoms with E-state index in [0.29, 0.717) is 11.3 Å². The molecule has 0 aliphatic rings. The van der Waals surface area contributed by atoms with E-state index in [4.69, 9.17) is 10.8 Å². The van der Waals surface area contributed by atoms with Crippen molar-refractivity contribution in [1.82, 2.24) is 0 Å². The Balaban J connectivity index is 2.96. The number of halogens is 1. The van der Waals surface area contributed by atoms with E-state index in [-0.39, 0.29) is 0 Å². The molecule has 0 saturated heterocycles. The molecular weight excluding hydrogens is 234 g/mol. The molecule has 13 heavy (non-hydrogen) atoms. The summed E-state index contributed by atoms with van der Waals surface area (Å²) in [7, 11) is 0. The lowest BCUT2D eigenvalue weighted by atomic mass is 10.2. The first-order chi connectivity index (χ1) is 6.09. The van der Waals surface area contributed by atoms with E-state index in [1.807, 2.05) is 0 Å². The largest absolute Gasteiger partial charge is 0.478 e. The average Bonchev–Trinajstić information content (AvgIpc) is 2.02. The number of hydrogen-bond acceptors (Lipinski definition) is 2. The molecule has 0 spiro atoms. The molecule has 0 heterocycles. The minimum atomic E-state index is -0.984. The van der Waals surface area contributed by atoms with Crippen molar-refractivity contribution in [3.8, 4) is 0 Å². The lowest BCUT2D eigenvalue weighted by molar-refractivity contribution is -0.131. The van der Waals surface area contributed by atoms with Crippen LogP contribution in [-0.4, -0.2) is 11.1 Å². The summed E-state index contributed by atoms with van der Waals surface area (Å²) in [4.78, 5) is 10.2. The maximum absolute atomic E-state index is 10.2. The Kier molecular flexibility index (Phi) is 3.08. The molecule has 4 heteroatoms. The second-order valence-corrected chi connectivity index (χ2v) is 3.36. The smallest absolute Gasteiger partial charge is 0.328 e. The summed E-state index contributed by atoms with van der Waals surface area (Å²) in [6, 6.07) is 5.28. The van der Waals surface area contributed by atoms with Crippen LogP contribution in [-0.2, 0) is 4.79 Å². The molecule has 0 aliphatic carbocycles. The molecule has 1 rings (SSSR count). The Morgan fingerprint density at radius 3 is 2.77 bits per heavy atom. The van der Waals surface area contributed by atoms with Gasteiger partial charge < -0.3 is 10.8 Å². The molecule has 0 aromatic heterocycles. The molecule has 0 amide bonds. The third kappa shape index (κ3) is 2.91. The van der Waals surface area contributed by atoms with Crippen LogP contribution in [0, 0.1) is 0 Å². The quantitative estimate of drug-likeness (QED) is 0.616. The van der Waals surface area contributed by atoms with Gasteiger partial charge in [0.2, 0.25) is 0 Å². The third-order valence-corrected chi connectivity index (χ3v) is 1.95. The fourth-order valence-electron chi connectivity index (χ4n) is 0.858. The fourth-order valence-corrected chi connectivity index (χ4v) is 1.24. The van der Waals surface area contributed by atoms with Crippen LogP contribution in [0.25, 0.3) is 6.08 Å². The summed E-state index contributed by atoms with van der Waals surface area (Å²) in [5.41, 5.74) is 6.88. The summed E-state index contributed by atoms with van der Waals surface area (Å²) >= 11 is 3.26. The van der Waals surface area contributed by atoms with Crippen molar-refractivity contribution in [2.75, 3.05) is 5.73 Å². The maximum Gasteiger partial charge on any atom is 0.328 e. The van der Waals surface area contributed by atoms with Crippen LogP contribution in [0.3, 0.4) is 0 Å². The Hall–Kier alpha value is -1.29. The van der Waals surface area contributed by atoms with Crippen molar-refractivity contribution in [2.24, 2.45) is 0 Å². The molecule has 0 saturated carbocycles. The number of hydrogen-bond donors (Lipinski definition) is 2. The maximum atomic E-state index is 10.2. The van der Waals surface area contributed by atoms with Gasteiger partial charge in [0.25, 0.3) is 0 Å². The van der Waals surface area contributed by atoms with Gasteiger partial charge >= 0.3 is 5.97 Å². The molecule has 0 fully saturated rings. The van der Waals surface area contributed by atoms with E-state index >= 15 is 0 Å². The van der Waals surface area contributed by atoms with Crippen LogP contribution in [0.2, 0.25) is 0 Å². The SMILES string of the molecule is Nc1cc(Br)ccc1C=CC(=O)O. The van der Waals surface area contributed by atoms with Gasteiger partial charge in [-0.2, -0.15) is 0 Å². The van der Waals surface area contributed by atoms with Crippen LogP contribution in [0.4, 0.5) is 5.69 Å². The Labute approximate surface area is 84.0 Å². The average molecular weight is 242 g/mol. The highest BCUT2D eigenvalue weighted by atomic mass is 79.9. The molecule has 1 aromatic carbocycles. The van der Waals surface area contributed by atoms with Crippen molar-refractivity contribution in [2.45, 2.75) is 0 Å². The summed E-state index contributed by atoms with van der Waals surface area (Å²) in [6.07, 6.45) is 2.52. The van der Waals surface area contributed by atoms with Crippen LogP contribution in [0.1, 0.15) is 5.56 Å². The van der Waals surface area contributed by atoms with E-state index in [2.05, 4.69) is 15.9 Å². The molecular formula is C9H8BrNO2. The fraction of sp³-hybridized carbons (Fsp3) is 0. The molecule has 68 valence electrons. The highest BCUT2D eigenvalue weighted by Crippen LogP contribution is 2.19. The monoisotopic (exact) mass is 241 g/mol. The Morgan fingerprint density at radius 2 is 2.23 bits per heavy atom. The van der Waals surface area contributed by atoms with E-state index in [1.165, 1.54) is 6.08 Å². The normalized spacial score (nSPS) is 10.5.